The van der Waals surface area contributed by atoms with Gasteiger partial charge in [-0.1, -0.05) is 0 Å². The van der Waals surface area contributed by atoms with Crippen LogP contribution in [-0.4, -0.2) is 39.8 Å². The third-order valence-electron chi connectivity index (χ3n) is 3.67. The van der Waals surface area contributed by atoms with Gasteiger partial charge in [0, 0.05) is 30.9 Å². The predicted octanol–water partition coefficient (Wildman–Crippen LogP) is 0.335. The summed E-state index contributed by atoms with van der Waals surface area (Å²) in [6.45, 7) is 2.56. The summed E-state index contributed by atoms with van der Waals surface area (Å²) in [5.41, 5.74) is 6.43. The highest BCUT2D eigenvalue weighted by Gasteiger charge is 2.21. The number of aromatic amines is 2. The number of aromatic nitrogens is 4. The zero-order chi connectivity index (χ0) is 13.9. The number of pyridine rings is 1. The molecule has 2 aromatic rings. The van der Waals surface area contributed by atoms with E-state index in [4.69, 9.17) is 5.73 Å². The molecule has 1 fully saturated rings. The molecule has 0 amide bonds. The van der Waals surface area contributed by atoms with E-state index in [-0.39, 0.29) is 5.56 Å². The second-order valence-corrected chi connectivity index (χ2v) is 5.12. The van der Waals surface area contributed by atoms with Crippen LogP contribution < -0.4 is 16.2 Å². The Balaban J connectivity index is 1.79. The summed E-state index contributed by atoms with van der Waals surface area (Å²) >= 11 is 0. The molecule has 0 radical (unpaired) electrons. The van der Waals surface area contributed by atoms with Gasteiger partial charge in [0.1, 0.15) is 0 Å². The van der Waals surface area contributed by atoms with Gasteiger partial charge in [-0.2, -0.15) is 4.98 Å². The van der Waals surface area contributed by atoms with E-state index >= 15 is 0 Å². The van der Waals surface area contributed by atoms with Crippen molar-refractivity contribution in [3.05, 3.63) is 28.7 Å². The zero-order valence-electron chi connectivity index (χ0n) is 11.2. The van der Waals surface area contributed by atoms with Crippen molar-refractivity contribution < 1.29 is 0 Å². The van der Waals surface area contributed by atoms with Crippen LogP contribution in [-0.2, 0) is 0 Å². The maximum Gasteiger partial charge on any atom is 0.247 e. The number of anilines is 1. The largest absolute Gasteiger partial charge is 0.339 e. The Morgan fingerprint density at radius 1 is 1.45 bits per heavy atom. The molecular weight excluding hydrogens is 256 g/mol. The average Bonchev–Trinajstić information content (AvgIpc) is 2.98. The van der Waals surface area contributed by atoms with Crippen molar-refractivity contribution in [1.29, 1.82) is 0 Å². The Hall–Kier alpha value is -2.15. The van der Waals surface area contributed by atoms with Crippen LogP contribution in [0.2, 0.25) is 0 Å². The molecular formula is C13H18N6O. The normalized spacial score (nSPS) is 19.2. The fourth-order valence-electron chi connectivity index (χ4n) is 2.52. The summed E-state index contributed by atoms with van der Waals surface area (Å²) in [6, 6.07) is 3.20. The summed E-state index contributed by atoms with van der Waals surface area (Å²) < 4.78 is 0. The Kier molecular flexibility index (Phi) is 3.51. The van der Waals surface area contributed by atoms with Gasteiger partial charge >= 0.3 is 0 Å². The van der Waals surface area contributed by atoms with Crippen LogP contribution in [0.25, 0.3) is 11.4 Å². The minimum absolute atomic E-state index is 0.129. The van der Waals surface area contributed by atoms with Crippen LogP contribution in [0.5, 0.6) is 0 Å². The van der Waals surface area contributed by atoms with E-state index in [0.717, 1.165) is 25.1 Å². The molecule has 20 heavy (non-hydrogen) atoms. The Bertz CT molecular complexity index is 613. The molecule has 1 aliphatic heterocycles. The van der Waals surface area contributed by atoms with Gasteiger partial charge in [-0.25, -0.2) is 0 Å². The molecule has 4 N–H and O–H groups in total. The second kappa shape index (κ2) is 5.46. The summed E-state index contributed by atoms with van der Waals surface area (Å²) in [7, 11) is 0. The van der Waals surface area contributed by atoms with Crippen molar-refractivity contribution in [3.8, 4) is 11.4 Å². The molecule has 106 valence electrons. The lowest BCUT2D eigenvalue weighted by molar-refractivity contribution is 0.420. The minimum Gasteiger partial charge on any atom is -0.339 e. The summed E-state index contributed by atoms with van der Waals surface area (Å²) in [4.78, 5) is 20.3. The molecule has 7 heteroatoms. The molecule has 2 aromatic heterocycles. The number of nitrogens with two attached hydrogens (primary N) is 1. The van der Waals surface area contributed by atoms with E-state index in [1.54, 1.807) is 12.3 Å². The van der Waals surface area contributed by atoms with Gasteiger partial charge in [-0.05, 0) is 31.4 Å². The molecule has 0 bridgehead atoms. The Morgan fingerprint density at radius 2 is 2.35 bits per heavy atom. The van der Waals surface area contributed by atoms with Crippen molar-refractivity contribution in [2.75, 3.05) is 24.5 Å². The molecule has 0 saturated carbocycles. The third-order valence-corrected chi connectivity index (χ3v) is 3.67. The van der Waals surface area contributed by atoms with Crippen molar-refractivity contribution in [2.24, 2.45) is 11.7 Å². The molecule has 3 rings (SSSR count). The maximum absolute atomic E-state index is 11.1. The first-order chi connectivity index (χ1) is 9.76. The van der Waals surface area contributed by atoms with E-state index < -0.39 is 0 Å². The van der Waals surface area contributed by atoms with Gasteiger partial charge in [0.2, 0.25) is 11.5 Å². The lowest BCUT2D eigenvalue weighted by Crippen LogP contribution is -2.38. The number of hydrogen-bond donors (Lipinski definition) is 3. The van der Waals surface area contributed by atoms with Gasteiger partial charge in [0.25, 0.3) is 0 Å². The summed E-state index contributed by atoms with van der Waals surface area (Å²) in [5, 5.41) is 7.18. The highest BCUT2D eigenvalue weighted by Crippen LogP contribution is 2.21. The number of nitrogens with one attached hydrogen (secondary N) is 2. The number of rotatable bonds is 3. The predicted molar refractivity (Wildman–Crippen MR) is 76.4 cm³/mol. The van der Waals surface area contributed by atoms with Crippen molar-refractivity contribution in [3.63, 3.8) is 0 Å². The molecule has 0 aromatic carbocycles. The van der Waals surface area contributed by atoms with Gasteiger partial charge in [-0.15, -0.1) is 5.10 Å². The molecule has 1 aliphatic rings. The fourth-order valence-corrected chi connectivity index (χ4v) is 2.52. The molecule has 3 heterocycles. The number of hydrogen-bond acceptors (Lipinski definition) is 5. The molecule has 0 spiro atoms. The lowest BCUT2D eigenvalue weighted by atomic mass is 9.99. The molecule has 1 saturated heterocycles. The van der Waals surface area contributed by atoms with Gasteiger partial charge in [0.05, 0.1) is 0 Å². The van der Waals surface area contributed by atoms with E-state index in [1.165, 1.54) is 12.5 Å². The topological polar surface area (TPSA) is 104 Å². The van der Waals surface area contributed by atoms with Gasteiger partial charge < -0.3 is 15.6 Å². The Morgan fingerprint density at radius 3 is 3.10 bits per heavy atom. The van der Waals surface area contributed by atoms with E-state index in [1.807, 2.05) is 0 Å². The number of nitrogens with zero attached hydrogens (tertiary/aromatic N) is 3. The van der Waals surface area contributed by atoms with Crippen LogP contribution in [0.3, 0.4) is 0 Å². The number of H-pyrrole nitrogens is 2. The number of piperidine rings is 1. The van der Waals surface area contributed by atoms with Crippen LogP contribution in [0.1, 0.15) is 12.8 Å². The van der Waals surface area contributed by atoms with Crippen molar-refractivity contribution >= 4 is 5.95 Å². The van der Waals surface area contributed by atoms with E-state index in [9.17, 15) is 4.79 Å². The Labute approximate surface area is 116 Å². The van der Waals surface area contributed by atoms with Crippen molar-refractivity contribution in [2.45, 2.75) is 12.8 Å². The van der Waals surface area contributed by atoms with Crippen LogP contribution in [0, 0.1) is 5.92 Å². The quantitative estimate of drug-likeness (QED) is 0.748. The highest BCUT2D eigenvalue weighted by molar-refractivity contribution is 5.54. The molecule has 1 unspecified atom stereocenters. The molecule has 1 atom stereocenters. The van der Waals surface area contributed by atoms with Crippen LogP contribution >= 0.6 is 0 Å². The maximum atomic E-state index is 11.1. The van der Waals surface area contributed by atoms with E-state index in [2.05, 4.69) is 25.1 Å². The standard InChI is InChI=1S/C13H18N6O/c14-6-9-2-1-5-19(8-9)13-16-12(17-18-13)10-3-4-11(20)15-7-10/h3-4,7,9H,1-2,5-6,8,14H2,(H,15,20)(H,16,17,18). The monoisotopic (exact) mass is 274 g/mol. The van der Waals surface area contributed by atoms with Crippen LogP contribution in [0.4, 0.5) is 5.95 Å². The first kappa shape index (κ1) is 12.9. The summed E-state index contributed by atoms with van der Waals surface area (Å²) in [5.74, 6) is 1.87. The average molecular weight is 274 g/mol. The van der Waals surface area contributed by atoms with Gasteiger partial charge in [-0.3, -0.25) is 9.89 Å². The van der Waals surface area contributed by atoms with Crippen molar-refractivity contribution in [1.82, 2.24) is 20.2 Å². The second-order valence-electron chi connectivity index (χ2n) is 5.12. The minimum atomic E-state index is -0.129. The molecule has 7 nitrogen and oxygen atoms in total. The van der Waals surface area contributed by atoms with Gasteiger partial charge in [0.15, 0.2) is 5.82 Å². The fraction of sp³-hybridized carbons (Fsp3) is 0.462. The zero-order valence-corrected chi connectivity index (χ0v) is 11.2. The smallest absolute Gasteiger partial charge is 0.247 e. The molecule has 0 aliphatic carbocycles. The first-order valence-electron chi connectivity index (χ1n) is 6.83. The summed E-state index contributed by atoms with van der Waals surface area (Å²) in [6.07, 6.45) is 3.92. The van der Waals surface area contributed by atoms with Crippen LogP contribution in [0.15, 0.2) is 23.1 Å². The first-order valence-corrected chi connectivity index (χ1v) is 6.83. The third kappa shape index (κ3) is 2.57. The lowest BCUT2D eigenvalue weighted by Gasteiger charge is -2.31. The van der Waals surface area contributed by atoms with E-state index in [0.29, 0.717) is 24.2 Å². The highest BCUT2D eigenvalue weighted by atomic mass is 16.1. The SMILES string of the molecule is NCC1CCCN(c2n[nH]c(-c3ccc(=O)[nH]c3)n2)C1.